The number of carbonyl (C=O) groups is 2. The van der Waals surface area contributed by atoms with Crippen molar-refractivity contribution in [1.82, 2.24) is 4.90 Å². The monoisotopic (exact) mass is 310 g/mol. The van der Waals surface area contributed by atoms with Crippen molar-refractivity contribution in [3.63, 3.8) is 0 Å². The molecule has 21 heavy (non-hydrogen) atoms. The van der Waals surface area contributed by atoms with Crippen LogP contribution < -0.4 is 5.32 Å². The number of carbonyl (C=O) groups excluding carboxylic acids is 1. The number of nitrogens with zero attached hydrogens (tertiary/aromatic N) is 1. The van der Waals surface area contributed by atoms with Crippen LogP contribution in [0.25, 0.3) is 0 Å². The normalized spacial score (nSPS) is 18.4. The van der Waals surface area contributed by atoms with E-state index in [0.29, 0.717) is 23.8 Å². The molecule has 6 heteroatoms. The molecule has 2 rings (SSSR count). The molecule has 0 saturated carbocycles. The lowest BCUT2D eigenvalue weighted by Crippen LogP contribution is -2.42. The first-order chi connectivity index (χ1) is 9.95. The van der Waals surface area contributed by atoms with Gasteiger partial charge in [-0.3, -0.25) is 4.79 Å². The number of hydrogen-bond acceptors (Lipinski definition) is 2. The SMILES string of the molecule is Cc1ccc(Cl)c(NC(=O)N2CCCC(CC(=O)O)C2)c1. The number of rotatable bonds is 3. The second kappa shape index (κ2) is 6.80. The van der Waals surface area contributed by atoms with Crippen LogP contribution in [0.3, 0.4) is 0 Å². The fourth-order valence-electron chi connectivity index (χ4n) is 2.59. The topological polar surface area (TPSA) is 69.6 Å². The zero-order valence-corrected chi connectivity index (χ0v) is 12.7. The molecule has 1 aliphatic heterocycles. The Bertz CT molecular complexity index is 548. The minimum atomic E-state index is -0.816. The van der Waals surface area contributed by atoms with Gasteiger partial charge in [0.2, 0.25) is 0 Å². The lowest BCUT2D eigenvalue weighted by Gasteiger charge is -2.32. The van der Waals surface area contributed by atoms with E-state index in [9.17, 15) is 9.59 Å². The molecule has 5 nitrogen and oxygen atoms in total. The van der Waals surface area contributed by atoms with Gasteiger partial charge in [0.15, 0.2) is 0 Å². The third kappa shape index (κ3) is 4.36. The van der Waals surface area contributed by atoms with Crippen LogP contribution in [0.4, 0.5) is 10.5 Å². The van der Waals surface area contributed by atoms with Gasteiger partial charge in [0.25, 0.3) is 0 Å². The number of hydrogen-bond donors (Lipinski definition) is 2. The lowest BCUT2D eigenvalue weighted by molar-refractivity contribution is -0.138. The first-order valence-electron chi connectivity index (χ1n) is 6.99. The van der Waals surface area contributed by atoms with Gasteiger partial charge in [0.05, 0.1) is 10.7 Å². The second-order valence-corrected chi connectivity index (χ2v) is 5.87. The van der Waals surface area contributed by atoms with Crippen LogP contribution >= 0.6 is 11.6 Å². The molecule has 0 aromatic heterocycles. The van der Waals surface area contributed by atoms with Crippen molar-refractivity contribution in [2.45, 2.75) is 26.2 Å². The number of nitrogens with one attached hydrogen (secondary N) is 1. The average molecular weight is 311 g/mol. The summed E-state index contributed by atoms with van der Waals surface area (Å²) < 4.78 is 0. The molecule has 1 unspecified atom stereocenters. The lowest BCUT2D eigenvalue weighted by atomic mass is 9.95. The molecule has 2 amide bonds. The van der Waals surface area contributed by atoms with Gasteiger partial charge in [0.1, 0.15) is 0 Å². The van der Waals surface area contributed by atoms with Gasteiger partial charge < -0.3 is 15.3 Å². The van der Waals surface area contributed by atoms with E-state index in [2.05, 4.69) is 5.32 Å². The maximum atomic E-state index is 12.3. The first kappa shape index (κ1) is 15.6. The van der Waals surface area contributed by atoms with Crippen molar-refractivity contribution in [3.05, 3.63) is 28.8 Å². The molecule has 0 radical (unpaired) electrons. The van der Waals surface area contributed by atoms with Crippen molar-refractivity contribution < 1.29 is 14.7 Å². The fraction of sp³-hybridized carbons (Fsp3) is 0.467. The smallest absolute Gasteiger partial charge is 0.321 e. The summed E-state index contributed by atoms with van der Waals surface area (Å²) in [5, 5.41) is 12.2. The van der Waals surface area contributed by atoms with Gasteiger partial charge in [-0.15, -0.1) is 0 Å². The molecular formula is C15H19ClN2O3. The number of benzene rings is 1. The van der Waals surface area contributed by atoms with Crippen LogP contribution in [0.15, 0.2) is 18.2 Å². The minimum absolute atomic E-state index is 0.0231. The van der Waals surface area contributed by atoms with Crippen LogP contribution in [0.2, 0.25) is 5.02 Å². The summed E-state index contributed by atoms with van der Waals surface area (Å²) in [7, 11) is 0. The number of urea groups is 1. The predicted molar refractivity (Wildman–Crippen MR) is 81.8 cm³/mol. The summed E-state index contributed by atoms with van der Waals surface area (Å²) in [5.41, 5.74) is 1.60. The highest BCUT2D eigenvalue weighted by Gasteiger charge is 2.25. The van der Waals surface area contributed by atoms with Gasteiger partial charge in [-0.05, 0) is 43.4 Å². The van der Waals surface area contributed by atoms with Crippen LogP contribution in [0.5, 0.6) is 0 Å². The number of aryl methyl sites for hydroxylation is 1. The molecule has 1 aliphatic rings. The van der Waals surface area contributed by atoms with E-state index < -0.39 is 5.97 Å². The van der Waals surface area contributed by atoms with Crippen LogP contribution in [0.1, 0.15) is 24.8 Å². The molecule has 2 N–H and O–H groups in total. The van der Waals surface area contributed by atoms with Crippen molar-refractivity contribution in [3.8, 4) is 0 Å². The number of piperidine rings is 1. The van der Waals surface area contributed by atoms with E-state index in [1.165, 1.54) is 0 Å². The summed E-state index contributed by atoms with van der Waals surface area (Å²) in [6.45, 7) is 3.04. The van der Waals surface area contributed by atoms with Crippen molar-refractivity contribution in [1.29, 1.82) is 0 Å². The Morgan fingerprint density at radius 2 is 2.24 bits per heavy atom. The standard InChI is InChI=1S/C15H19ClN2O3/c1-10-4-5-12(16)13(7-10)17-15(21)18-6-2-3-11(9-18)8-14(19)20/h4-5,7,11H,2-3,6,8-9H2,1H3,(H,17,21)(H,19,20). The molecule has 1 atom stereocenters. The molecule has 1 fully saturated rings. The molecular weight excluding hydrogens is 292 g/mol. The van der Waals surface area contributed by atoms with Gasteiger partial charge in [-0.1, -0.05) is 17.7 Å². The summed E-state index contributed by atoms with van der Waals surface area (Å²) >= 11 is 6.07. The van der Waals surface area contributed by atoms with E-state index >= 15 is 0 Å². The van der Waals surface area contributed by atoms with Gasteiger partial charge in [-0.2, -0.15) is 0 Å². The Kier molecular flexibility index (Phi) is 5.07. The predicted octanol–water partition coefficient (Wildman–Crippen LogP) is 3.37. The van der Waals surface area contributed by atoms with Gasteiger partial charge >= 0.3 is 12.0 Å². The number of likely N-dealkylation sites (tertiary alicyclic amines) is 1. The zero-order valence-electron chi connectivity index (χ0n) is 11.9. The molecule has 1 heterocycles. The number of carboxylic acids is 1. The van der Waals surface area contributed by atoms with E-state index in [1.54, 1.807) is 11.0 Å². The third-order valence-corrected chi connectivity index (χ3v) is 3.96. The van der Waals surface area contributed by atoms with Crippen molar-refractivity contribution >= 4 is 29.3 Å². The Morgan fingerprint density at radius 1 is 1.48 bits per heavy atom. The van der Waals surface area contributed by atoms with E-state index in [4.69, 9.17) is 16.7 Å². The van der Waals surface area contributed by atoms with Gasteiger partial charge in [0, 0.05) is 19.5 Å². The van der Waals surface area contributed by atoms with Crippen LogP contribution in [-0.4, -0.2) is 35.1 Å². The van der Waals surface area contributed by atoms with Gasteiger partial charge in [-0.25, -0.2) is 4.79 Å². The minimum Gasteiger partial charge on any atom is -0.481 e. The Morgan fingerprint density at radius 3 is 2.95 bits per heavy atom. The second-order valence-electron chi connectivity index (χ2n) is 5.47. The zero-order chi connectivity index (χ0) is 15.4. The average Bonchev–Trinajstić information content (AvgIpc) is 2.42. The molecule has 0 aliphatic carbocycles. The molecule has 1 aromatic carbocycles. The summed E-state index contributed by atoms with van der Waals surface area (Å²) in [6.07, 6.45) is 1.78. The van der Waals surface area contributed by atoms with Crippen molar-refractivity contribution in [2.75, 3.05) is 18.4 Å². The number of anilines is 1. The highest BCUT2D eigenvalue weighted by molar-refractivity contribution is 6.33. The van der Waals surface area contributed by atoms with E-state index in [0.717, 1.165) is 18.4 Å². The van der Waals surface area contributed by atoms with E-state index in [-0.39, 0.29) is 18.4 Å². The molecule has 0 bridgehead atoms. The summed E-state index contributed by atoms with van der Waals surface area (Å²) in [5.74, 6) is -0.793. The third-order valence-electron chi connectivity index (χ3n) is 3.63. The molecule has 0 spiro atoms. The molecule has 1 saturated heterocycles. The van der Waals surface area contributed by atoms with Crippen LogP contribution in [-0.2, 0) is 4.79 Å². The number of carboxylic acid groups (broad SMARTS) is 1. The highest BCUT2D eigenvalue weighted by Crippen LogP contribution is 2.25. The Labute approximate surface area is 128 Å². The summed E-state index contributed by atoms with van der Waals surface area (Å²) in [4.78, 5) is 24.7. The maximum absolute atomic E-state index is 12.3. The molecule has 114 valence electrons. The Hall–Kier alpha value is -1.75. The number of aliphatic carboxylic acids is 1. The largest absolute Gasteiger partial charge is 0.481 e. The Balaban J connectivity index is 1.99. The quantitative estimate of drug-likeness (QED) is 0.899. The van der Waals surface area contributed by atoms with Crippen LogP contribution in [0, 0.1) is 12.8 Å². The first-order valence-corrected chi connectivity index (χ1v) is 7.37. The van der Waals surface area contributed by atoms with Crippen molar-refractivity contribution in [2.24, 2.45) is 5.92 Å². The number of halogens is 1. The van der Waals surface area contributed by atoms with E-state index in [1.807, 2.05) is 19.1 Å². The molecule has 1 aromatic rings. The number of amides is 2. The summed E-state index contributed by atoms with van der Waals surface area (Å²) in [6, 6.07) is 5.22. The fourth-order valence-corrected chi connectivity index (χ4v) is 2.76. The maximum Gasteiger partial charge on any atom is 0.321 e. The highest BCUT2D eigenvalue weighted by atomic mass is 35.5.